The molecule has 2 aromatic heterocycles. The van der Waals surface area contributed by atoms with Crippen LogP contribution in [-0.4, -0.2) is 28.6 Å². The number of pyridine rings is 2. The quantitative estimate of drug-likeness (QED) is 0.783. The van der Waals surface area contributed by atoms with Crippen molar-refractivity contribution < 1.29 is 0 Å². The summed E-state index contributed by atoms with van der Waals surface area (Å²) in [7, 11) is 1.97. The Morgan fingerprint density at radius 3 is 3.00 bits per heavy atom. The molecule has 0 aliphatic carbocycles. The predicted molar refractivity (Wildman–Crippen MR) is 68.3 cm³/mol. The van der Waals surface area contributed by atoms with E-state index in [1.165, 1.54) is 5.57 Å². The van der Waals surface area contributed by atoms with Crippen molar-refractivity contribution in [1.82, 2.24) is 20.4 Å². The summed E-state index contributed by atoms with van der Waals surface area (Å²) in [6.45, 7) is 0.810. The molecule has 0 amide bonds. The molecular formula is C12H11ClN4. The highest BCUT2D eigenvalue weighted by molar-refractivity contribution is 6.29. The van der Waals surface area contributed by atoms with E-state index in [2.05, 4.69) is 15.4 Å². The third kappa shape index (κ3) is 1.97. The largest absolute Gasteiger partial charge is 0.318 e. The van der Waals surface area contributed by atoms with Crippen molar-refractivity contribution in [1.29, 1.82) is 0 Å². The lowest BCUT2D eigenvalue weighted by Gasteiger charge is -2.04. The second kappa shape index (κ2) is 3.98. The molecule has 4 nitrogen and oxygen atoms in total. The summed E-state index contributed by atoms with van der Waals surface area (Å²) in [6.07, 6.45) is 3.91. The van der Waals surface area contributed by atoms with E-state index in [9.17, 15) is 0 Å². The van der Waals surface area contributed by atoms with E-state index in [-0.39, 0.29) is 0 Å². The lowest BCUT2D eigenvalue weighted by Crippen LogP contribution is -2.23. The number of fused-ring (bicyclic) bond motifs is 1. The number of halogens is 1. The molecule has 17 heavy (non-hydrogen) atoms. The van der Waals surface area contributed by atoms with Gasteiger partial charge in [0.05, 0.1) is 11.0 Å². The average molecular weight is 247 g/mol. The third-order valence-electron chi connectivity index (χ3n) is 2.74. The van der Waals surface area contributed by atoms with Crippen molar-refractivity contribution in [2.45, 2.75) is 0 Å². The molecule has 1 aliphatic heterocycles. The molecule has 0 fully saturated rings. The minimum absolute atomic E-state index is 0.493. The fourth-order valence-electron chi connectivity index (χ4n) is 1.87. The van der Waals surface area contributed by atoms with Gasteiger partial charge in [0.1, 0.15) is 5.15 Å². The Labute approximate surface area is 104 Å². The first-order chi connectivity index (χ1) is 8.22. The maximum Gasteiger partial charge on any atom is 0.129 e. The van der Waals surface area contributed by atoms with Crippen molar-refractivity contribution in [2.75, 3.05) is 13.6 Å². The zero-order valence-corrected chi connectivity index (χ0v) is 10.1. The minimum Gasteiger partial charge on any atom is -0.318 e. The van der Waals surface area contributed by atoms with Gasteiger partial charge in [0.25, 0.3) is 0 Å². The van der Waals surface area contributed by atoms with Crippen LogP contribution < -0.4 is 5.43 Å². The molecule has 0 unspecified atom stereocenters. The van der Waals surface area contributed by atoms with Crippen LogP contribution in [-0.2, 0) is 0 Å². The lowest BCUT2D eigenvalue weighted by atomic mass is 10.1. The van der Waals surface area contributed by atoms with Crippen molar-refractivity contribution >= 4 is 28.2 Å². The van der Waals surface area contributed by atoms with E-state index in [4.69, 9.17) is 11.6 Å². The number of hydrogen-bond donors (Lipinski definition) is 1. The monoisotopic (exact) mass is 246 g/mol. The molecular weight excluding hydrogens is 236 g/mol. The van der Waals surface area contributed by atoms with Gasteiger partial charge in [0, 0.05) is 31.6 Å². The summed E-state index contributed by atoms with van der Waals surface area (Å²) in [5.74, 6) is 0. The summed E-state index contributed by atoms with van der Waals surface area (Å²) >= 11 is 5.88. The van der Waals surface area contributed by atoms with Gasteiger partial charge in [-0.25, -0.2) is 10.4 Å². The van der Waals surface area contributed by atoms with Gasteiger partial charge < -0.3 is 5.01 Å². The average Bonchev–Trinajstić information content (AvgIpc) is 2.75. The lowest BCUT2D eigenvalue weighted by molar-refractivity contribution is 0.374. The molecule has 86 valence electrons. The van der Waals surface area contributed by atoms with Crippen molar-refractivity contribution in [2.24, 2.45) is 0 Å². The minimum atomic E-state index is 0.493. The van der Waals surface area contributed by atoms with Crippen LogP contribution >= 0.6 is 11.6 Å². The van der Waals surface area contributed by atoms with E-state index in [1.807, 2.05) is 36.6 Å². The molecule has 0 radical (unpaired) electrons. The van der Waals surface area contributed by atoms with E-state index in [1.54, 1.807) is 6.07 Å². The Kier molecular flexibility index (Phi) is 2.46. The van der Waals surface area contributed by atoms with Crippen LogP contribution in [0.1, 0.15) is 5.56 Å². The number of aromatic nitrogens is 2. The summed E-state index contributed by atoms with van der Waals surface area (Å²) < 4.78 is 0. The van der Waals surface area contributed by atoms with Gasteiger partial charge in [-0.05, 0) is 23.8 Å². The second-order valence-electron chi connectivity index (χ2n) is 4.00. The van der Waals surface area contributed by atoms with Crippen LogP contribution in [0.4, 0.5) is 0 Å². The molecule has 0 bridgehead atoms. The van der Waals surface area contributed by atoms with Gasteiger partial charge in [0.15, 0.2) is 0 Å². The number of nitrogens with zero attached hydrogens (tertiary/aromatic N) is 3. The van der Waals surface area contributed by atoms with Crippen molar-refractivity contribution in [3.05, 3.63) is 41.3 Å². The molecule has 1 aliphatic rings. The maximum absolute atomic E-state index is 5.88. The molecule has 3 rings (SSSR count). The summed E-state index contributed by atoms with van der Waals surface area (Å²) in [4.78, 5) is 8.65. The fourth-order valence-corrected chi connectivity index (χ4v) is 2.02. The van der Waals surface area contributed by atoms with Gasteiger partial charge in [0.2, 0.25) is 0 Å². The molecule has 0 atom stereocenters. The number of nitrogens with one attached hydrogen (secondary N) is 1. The number of rotatable bonds is 1. The van der Waals surface area contributed by atoms with Gasteiger partial charge >= 0.3 is 0 Å². The summed E-state index contributed by atoms with van der Waals surface area (Å²) in [5, 5.41) is 2.43. The van der Waals surface area contributed by atoms with E-state index >= 15 is 0 Å². The zero-order valence-electron chi connectivity index (χ0n) is 9.31. The molecule has 0 spiro atoms. The summed E-state index contributed by atoms with van der Waals surface area (Å²) in [6, 6.07) is 5.64. The second-order valence-corrected chi connectivity index (χ2v) is 4.38. The van der Waals surface area contributed by atoms with Crippen LogP contribution in [0.3, 0.4) is 0 Å². The molecule has 0 saturated heterocycles. The Bertz CT molecular complexity index is 608. The van der Waals surface area contributed by atoms with Gasteiger partial charge in [-0.2, -0.15) is 0 Å². The van der Waals surface area contributed by atoms with Gasteiger partial charge in [-0.1, -0.05) is 11.6 Å². The third-order valence-corrected chi connectivity index (χ3v) is 2.95. The van der Waals surface area contributed by atoms with E-state index in [0.29, 0.717) is 5.15 Å². The summed E-state index contributed by atoms with van der Waals surface area (Å²) in [5.41, 5.74) is 7.15. The first-order valence-corrected chi connectivity index (χ1v) is 5.70. The number of hydrazine groups is 1. The maximum atomic E-state index is 5.88. The van der Waals surface area contributed by atoms with Crippen LogP contribution in [0.2, 0.25) is 5.15 Å². The smallest absolute Gasteiger partial charge is 0.129 e. The van der Waals surface area contributed by atoms with E-state index < -0.39 is 0 Å². The normalized spacial score (nSPS) is 15.4. The van der Waals surface area contributed by atoms with Crippen LogP contribution in [0.15, 0.2) is 30.6 Å². The fraction of sp³-hybridized carbons (Fsp3) is 0.167. The molecule has 3 heterocycles. The highest BCUT2D eigenvalue weighted by Crippen LogP contribution is 2.21. The molecule has 0 aromatic carbocycles. The Morgan fingerprint density at radius 2 is 2.24 bits per heavy atom. The molecule has 0 saturated carbocycles. The highest BCUT2D eigenvalue weighted by Gasteiger charge is 2.11. The topological polar surface area (TPSA) is 41.1 Å². The van der Waals surface area contributed by atoms with Gasteiger partial charge in [-0.15, -0.1) is 0 Å². The van der Waals surface area contributed by atoms with Crippen molar-refractivity contribution in [3.8, 4) is 0 Å². The Hall–Kier alpha value is -1.65. The standard InChI is InChI=1S/C12H11ClN4/c1-17-7-9(6-15-17)8-4-11-10(14-5-8)2-3-12(13)16-11/h2-5,7,15H,6H2,1H3. The zero-order chi connectivity index (χ0) is 11.8. The molecule has 1 N–H and O–H groups in total. The predicted octanol–water partition coefficient (Wildman–Crippen LogP) is 2.07. The van der Waals surface area contributed by atoms with E-state index in [0.717, 1.165) is 23.1 Å². The molecule has 5 heteroatoms. The first kappa shape index (κ1) is 10.5. The van der Waals surface area contributed by atoms with Gasteiger partial charge in [-0.3, -0.25) is 4.98 Å². The number of hydrogen-bond acceptors (Lipinski definition) is 4. The van der Waals surface area contributed by atoms with Crippen LogP contribution in [0.5, 0.6) is 0 Å². The first-order valence-electron chi connectivity index (χ1n) is 5.32. The highest BCUT2D eigenvalue weighted by atomic mass is 35.5. The Morgan fingerprint density at radius 1 is 1.35 bits per heavy atom. The van der Waals surface area contributed by atoms with Crippen LogP contribution in [0, 0.1) is 0 Å². The van der Waals surface area contributed by atoms with Crippen molar-refractivity contribution in [3.63, 3.8) is 0 Å². The van der Waals surface area contributed by atoms with Crippen LogP contribution in [0.25, 0.3) is 16.6 Å². The SMILES string of the molecule is CN1C=C(c2cnc3ccc(Cl)nc3c2)CN1. The Balaban J connectivity index is 2.10. The molecule has 2 aromatic rings.